The molecule has 3 atom stereocenters. The predicted octanol–water partition coefficient (Wildman–Crippen LogP) is 5.64. The van der Waals surface area contributed by atoms with Crippen molar-refractivity contribution >= 4 is 5.78 Å². The lowest BCUT2D eigenvalue weighted by molar-refractivity contribution is -0.129. The van der Waals surface area contributed by atoms with Gasteiger partial charge in [-0.1, -0.05) is 66.7 Å². The number of nitrogens with zero attached hydrogens (tertiary/aromatic N) is 2. The number of carbonyl (C=O) groups is 1. The van der Waals surface area contributed by atoms with Gasteiger partial charge in [0.2, 0.25) is 0 Å². The molecular weight excluding hydrogens is 448 g/mol. The number of hydrogen-bond donors (Lipinski definition) is 0. The molecule has 188 valence electrons. The summed E-state index contributed by atoms with van der Waals surface area (Å²) in [5, 5.41) is 0. The summed E-state index contributed by atoms with van der Waals surface area (Å²) in [7, 11) is 3.32. The predicted molar refractivity (Wildman–Crippen MR) is 142 cm³/mol. The van der Waals surface area contributed by atoms with Gasteiger partial charge in [0, 0.05) is 44.1 Å². The second-order valence-corrected chi connectivity index (χ2v) is 9.97. The molecule has 0 amide bonds. The summed E-state index contributed by atoms with van der Waals surface area (Å²) in [6.07, 6.45) is 3.40. The van der Waals surface area contributed by atoms with Gasteiger partial charge in [0.1, 0.15) is 5.78 Å². The number of piperidine rings is 2. The molecule has 3 aromatic carbocycles. The fourth-order valence-electron chi connectivity index (χ4n) is 6.07. The summed E-state index contributed by atoms with van der Waals surface area (Å²) in [5.74, 6) is 1.78. The van der Waals surface area contributed by atoms with Gasteiger partial charge < -0.3 is 9.47 Å². The van der Waals surface area contributed by atoms with Crippen LogP contribution >= 0.6 is 0 Å². The molecular formula is C31H36N2O3. The van der Waals surface area contributed by atoms with E-state index in [1.54, 1.807) is 14.2 Å². The van der Waals surface area contributed by atoms with Crippen LogP contribution in [0, 0.1) is 0 Å². The first-order valence-corrected chi connectivity index (χ1v) is 13.0. The highest BCUT2D eigenvalue weighted by Gasteiger charge is 2.43. The monoisotopic (exact) mass is 484 g/mol. The zero-order chi connectivity index (χ0) is 24.9. The highest BCUT2D eigenvalue weighted by molar-refractivity contribution is 5.81. The molecule has 5 heteroatoms. The topological polar surface area (TPSA) is 42.0 Å². The van der Waals surface area contributed by atoms with Crippen LogP contribution < -0.4 is 9.47 Å². The van der Waals surface area contributed by atoms with Crippen molar-refractivity contribution in [2.75, 3.05) is 20.8 Å². The van der Waals surface area contributed by atoms with Gasteiger partial charge in [0.25, 0.3) is 0 Å². The molecule has 0 saturated carbocycles. The Bertz CT molecular complexity index is 1110. The Morgan fingerprint density at radius 1 is 0.833 bits per heavy atom. The Morgan fingerprint density at radius 3 is 2.08 bits per heavy atom. The molecule has 0 aromatic heterocycles. The van der Waals surface area contributed by atoms with Crippen molar-refractivity contribution in [2.24, 2.45) is 0 Å². The molecule has 0 radical (unpaired) electrons. The number of ether oxygens (including phenoxy) is 2. The SMILES string of the molecule is COc1ccc([C@@H]2CC(=O)C[C@@H]3[C@@H](N(Cc4ccccc4)Cc4ccccc4)CCCN32)cc1OC. The van der Waals surface area contributed by atoms with Crippen molar-refractivity contribution in [3.63, 3.8) is 0 Å². The maximum absolute atomic E-state index is 13.2. The van der Waals surface area contributed by atoms with Gasteiger partial charge in [-0.05, 0) is 48.2 Å². The summed E-state index contributed by atoms with van der Waals surface area (Å²) in [5.41, 5.74) is 3.75. The quantitative estimate of drug-likeness (QED) is 0.414. The molecule has 2 fully saturated rings. The van der Waals surface area contributed by atoms with E-state index < -0.39 is 0 Å². The minimum Gasteiger partial charge on any atom is -0.493 e. The average molecular weight is 485 g/mol. The van der Waals surface area contributed by atoms with Crippen LogP contribution in [0.4, 0.5) is 0 Å². The molecule has 5 nitrogen and oxygen atoms in total. The molecule has 0 bridgehead atoms. The summed E-state index contributed by atoms with van der Waals surface area (Å²) in [4.78, 5) is 18.4. The molecule has 2 saturated heterocycles. The number of hydrogen-bond acceptors (Lipinski definition) is 5. The number of fused-ring (bicyclic) bond motifs is 1. The number of ketones is 1. The highest BCUT2D eigenvalue weighted by Crippen LogP contribution is 2.41. The van der Waals surface area contributed by atoms with E-state index >= 15 is 0 Å². The molecule has 0 spiro atoms. The van der Waals surface area contributed by atoms with Crippen LogP contribution in [0.1, 0.15) is 48.4 Å². The minimum atomic E-state index is 0.0640. The van der Waals surface area contributed by atoms with E-state index in [-0.39, 0.29) is 12.1 Å². The third-order valence-electron chi connectivity index (χ3n) is 7.76. The molecule has 3 aromatic rings. The summed E-state index contributed by atoms with van der Waals surface area (Å²) >= 11 is 0. The van der Waals surface area contributed by atoms with E-state index in [2.05, 4.69) is 82.6 Å². The molecule has 2 aliphatic heterocycles. The smallest absolute Gasteiger partial charge is 0.161 e. The van der Waals surface area contributed by atoms with Crippen LogP contribution in [-0.4, -0.2) is 48.4 Å². The van der Waals surface area contributed by atoms with E-state index in [0.29, 0.717) is 36.2 Å². The van der Waals surface area contributed by atoms with Gasteiger partial charge >= 0.3 is 0 Å². The van der Waals surface area contributed by atoms with E-state index in [9.17, 15) is 4.79 Å². The first kappa shape index (κ1) is 24.5. The van der Waals surface area contributed by atoms with Crippen LogP contribution in [0.15, 0.2) is 78.9 Å². The second-order valence-electron chi connectivity index (χ2n) is 9.97. The summed E-state index contributed by atoms with van der Waals surface area (Å²) < 4.78 is 11.0. The maximum atomic E-state index is 13.2. The van der Waals surface area contributed by atoms with Crippen molar-refractivity contribution < 1.29 is 14.3 Å². The fourth-order valence-corrected chi connectivity index (χ4v) is 6.07. The molecule has 36 heavy (non-hydrogen) atoms. The van der Waals surface area contributed by atoms with Crippen molar-refractivity contribution in [1.29, 1.82) is 0 Å². The Kier molecular flexibility index (Phi) is 7.69. The van der Waals surface area contributed by atoms with E-state index in [1.165, 1.54) is 11.1 Å². The number of benzene rings is 3. The van der Waals surface area contributed by atoms with Crippen molar-refractivity contribution in [3.05, 3.63) is 95.6 Å². The van der Waals surface area contributed by atoms with E-state index in [0.717, 1.165) is 38.0 Å². The second kappa shape index (κ2) is 11.3. The van der Waals surface area contributed by atoms with Crippen LogP contribution in [0.2, 0.25) is 0 Å². The molecule has 0 unspecified atom stereocenters. The molecule has 5 rings (SSSR count). The summed E-state index contributed by atoms with van der Waals surface area (Å²) in [6.45, 7) is 2.76. The average Bonchev–Trinajstić information content (AvgIpc) is 2.92. The summed E-state index contributed by atoms with van der Waals surface area (Å²) in [6, 6.07) is 28.1. The number of rotatable bonds is 8. The van der Waals surface area contributed by atoms with Gasteiger partial charge in [-0.2, -0.15) is 0 Å². The molecule has 0 aliphatic carbocycles. The maximum Gasteiger partial charge on any atom is 0.161 e. The molecule has 0 N–H and O–H groups in total. The largest absolute Gasteiger partial charge is 0.493 e. The van der Waals surface area contributed by atoms with Gasteiger partial charge in [0.05, 0.1) is 14.2 Å². The van der Waals surface area contributed by atoms with Crippen molar-refractivity contribution in [2.45, 2.75) is 56.9 Å². The highest BCUT2D eigenvalue weighted by atomic mass is 16.5. The van der Waals surface area contributed by atoms with Gasteiger partial charge in [-0.3, -0.25) is 14.6 Å². The normalized spacial score (nSPS) is 22.3. The number of methoxy groups -OCH3 is 2. The van der Waals surface area contributed by atoms with Crippen LogP contribution in [0.25, 0.3) is 0 Å². The third-order valence-corrected chi connectivity index (χ3v) is 7.76. The van der Waals surface area contributed by atoms with E-state index in [1.807, 2.05) is 6.07 Å². The lowest BCUT2D eigenvalue weighted by Crippen LogP contribution is -2.58. The van der Waals surface area contributed by atoms with Crippen LogP contribution in [0.3, 0.4) is 0 Å². The Labute approximate surface area is 214 Å². The first-order valence-electron chi connectivity index (χ1n) is 13.0. The number of Topliss-reactive ketones (excluding diaryl/α,β-unsaturated/α-hetero) is 1. The lowest BCUT2D eigenvalue weighted by Gasteiger charge is -2.51. The third kappa shape index (κ3) is 5.32. The zero-order valence-electron chi connectivity index (χ0n) is 21.3. The lowest BCUT2D eigenvalue weighted by atomic mass is 9.81. The zero-order valence-corrected chi connectivity index (χ0v) is 21.3. The standard InChI is InChI=1S/C31H36N2O3/c1-35-30-16-15-25(18-31(30)36-2)28-19-26(34)20-29-27(14-9-17-33(28)29)32(21-23-10-5-3-6-11-23)22-24-12-7-4-8-13-24/h3-8,10-13,15-16,18,27-29H,9,14,17,19-22H2,1-2H3/t27-,28-,29+/m0/s1. The molecule has 2 aliphatic rings. The minimum absolute atomic E-state index is 0.0640. The van der Waals surface area contributed by atoms with Gasteiger partial charge in [0.15, 0.2) is 11.5 Å². The number of carbonyl (C=O) groups excluding carboxylic acids is 1. The van der Waals surface area contributed by atoms with E-state index in [4.69, 9.17) is 9.47 Å². The van der Waals surface area contributed by atoms with Crippen molar-refractivity contribution in [3.8, 4) is 11.5 Å². The van der Waals surface area contributed by atoms with Gasteiger partial charge in [-0.15, -0.1) is 0 Å². The first-order chi connectivity index (χ1) is 17.7. The van der Waals surface area contributed by atoms with Crippen molar-refractivity contribution in [1.82, 2.24) is 9.80 Å². The fraction of sp³-hybridized carbons (Fsp3) is 0.387. The van der Waals surface area contributed by atoms with Crippen LogP contribution in [0.5, 0.6) is 11.5 Å². The van der Waals surface area contributed by atoms with Crippen LogP contribution in [-0.2, 0) is 17.9 Å². The Balaban J connectivity index is 1.46. The Hall–Kier alpha value is -3.15. The Morgan fingerprint density at radius 2 is 1.47 bits per heavy atom. The van der Waals surface area contributed by atoms with Gasteiger partial charge in [-0.25, -0.2) is 0 Å². The molecule has 2 heterocycles.